The number of hydrogen-bond donors (Lipinski definition) is 1. The molecule has 1 amide bonds. The molecule has 1 aliphatic carbocycles. The van der Waals surface area contributed by atoms with Crippen molar-refractivity contribution in [1.29, 1.82) is 0 Å². The van der Waals surface area contributed by atoms with Gasteiger partial charge in [0.05, 0.1) is 18.7 Å². The monoisotopic (exact) mass is 254 g/mol. The number of carbonyl (C=O) groups excluding carboxylic acids is 1. The molecule has 0 spiro atoms. The zero-order valence-corrected chi connectivity index (χ0v) is 10.9. The molecule has 5 heteroatoms. The van der Waals surface area contributed by atoms with Crippen LogP contribution in [-0.4, -0.2) is 24.1 Å². The molecule has 0 fully saturated rings. The average Bonchev–Trinajstić information content (AvgIpc) is 2.71. The van der Waals surface area contributed by atoms with Crippen LogP contribution in [0.25, 0.3) is 0 Å². The van der Waals surface area contributed by atoms with Gasteiger partial charge in [-0.3, -0.25) is 4.79 Å². The number of amides is 1. The zero-order chi connectivity index (χ0) is 12.1. The summed E-state index contributed by atoms with van der Waals surface area (Å²) in [5.41, 5.74) is 1.18. The normalized spacial score (nSPS) is 14.4. The Morgan fingerprint density at radius 1 is 1.47 bits per heavy atom. The quantitative estimate of drug-likeness (QED) is 0.821. The summed E-state index contributed by atoms with van der Waals surface area (Å²) in [4.78, 5) is 17.4. The van der Waals surface area contributed by atoms with Crippen molar-refractivity contribution in [3.8, 4) is 0 Å². The lowest BCUT2D eigenvalue weighted by Gasteiger charge is -2.06. The number of thiazole rings is 1. The number of nitrogens with one attached hydrogen (secondary N) is 1. The van der Waals surface area contributed by atoms with E-state index >= 15 is 0 Å². The number of aryl methyl sites for hydroxylation is 2. The highest BCUT2D eigenvalue weighted by Gasteiger charge is 2.16. The van der Waals surface area contributed by atoms with E-state index < -0.39 is 0 Å². The predicted octanol–water partition coefficient (Wildman–Crippen LogP) is 2.39. The average molecular weight is 254 g/mol. The van der Waals surface area contributed by atoms with Crippen molar-refractivity contribution in [2.45, 2.75) is 39.0 Å². The van der Waals surface area contributed by atoms with Gasteiger partial charge in [0, 0.05) is 11.5 Å². The van der Waals surface area contributed by atoms with Crippen LogP contribution in [0, 0.1) is 0 Å². The van der Waals surface area contributed by atoms with Crippen LogP contribution in [0.1, 0.15) is 36.8 Å². The SMILES string of the molecule is CCOCCC(=O)Nc1nc2c(s1)CCCC2. The first-order valence-electron chi connectivity index (χ1n) is 6.15. The van der Waals surface area contributed by atoms with E-state index in [2.05, 4.69) is 10.3 Å². The molecule has 4 nitrogen and oxygen atoms in total. The maximum atomic E-state index is 11.6. The number of ether oxygens (including phenoxy) is 1. The van der Waals surface area contributed by atoms with Gasteiger partial charge in [0.2, 0.25) is 5.91 Å². The van der Waals surface area contributed by atoms with Gasteiger partial charge in [-0.2, -0.15) is 0 Å². The maximum absolute atomic E-state index is 11.6. The van der Waals surface area contributed by atoms with Crippen molar-refractivity contribution in [3.05, 3.63) is 10.6 Å². The summed E-state index contributed by atoms with van der Waals surface area (Å²) in [6, 6.07) is 0. The molecule has 0 aliphatic heterocycles. The van der Waals surface area contributed by atoms with Crippen molar-refractivity contribution >= 4 is 22.4 Å². The lowest BCUT2D eigenvalue weighted by Crippen LogP contribution is -2.14. The van der Waals surface area contributed by atoms with E-state index in [4.69, 9.17) is 4.74 Å². The minimum atomic E-state index is -0.00968. The van der Waals surface area contributed by atoms with Crippen LogP contribution in [0.5, 0.6) is 0 Å². The molecular weight excluding hydrogens is 236 g/mol. The molecule has 1 aliphatic rings. The van der Waals surface area contributed by atoms with Gasteiger partial charge in [0.25, 0.3) is 0 Å². The first kappa shape index (κ1) is 12.5. The fourth-order valence-corrected chi connectivity index (χ4v) is 2.96. The Labute approximate surface area is 105 Å². The fourth-order valence-electron chi connectivity index (χ4n) is 1.90. The summed E-state index contributed by atoms with van der Waals surface area (Å²) in [6.07, 6.45) is 5.03. The molecule has 94 valence electrons. The van der Waals surface area contributed by atoms with E-state index in [0.717, 1.165) is 18.0 Å². The van der Waals surface area contributed by atoms with Gasteiger partial charge >= 0.3 is 0 Å². The number of hydrogen-bond acceptors (Lipinski definition) is 4. The first-order chi connectivity index (χ1) is 8.29. The lowest BCUT2D eigenvalue weighted by atomic mass is 10.0. The fraction of sp³-hybridized carbons (Fsp3) is 0.667. The van der Waals surface area contributed by atoms with Gasteiger partial charge in [0.1, 0.15) is 0 Å². The minimum Gasteiger partial charge on any atom is -0.381 e. The predicted molar refractivity (Wildman–Crippen MR) is 68.5 cm³/mol. The number of carbonyl (C=O) groups is 1. The largest absolute Gasteiger partial charge is 0.381 e. The number of nitrogens with zero attached hydrogens (tertiary/aromatic N) is 1. The highest BCUT2D eigenvalue weighted by Crippen LogP contribution is 2.29. The molecule has 0 aromatic carbocycles. The van der Waals surface area contributed by atoms with Gasteiger partial charge in [0.15, 0.2) is 5.13 Å². The van der Waals surface area contributed by atoms with Crippen LogP contribution in [0.2, 0.25) is 0 Å². The summed E-state index contributed by atoms with van der Waals surface area (Å²) >= 11 is 1.62. The summed E-state index contributed by atoms with van der Waals surface area (Å²) in [5, 5.41) is 3.60. The van der Waals surface area contributed by atoms with E-state index in [9.17, 15) is 4.79 Å². The highest BCUT2D eigenvalue weighted by molar-refractivity contribution is 7.15. The number of anilines is 1. The summed E-state index contributed by atoms with van der Waals surface area (Å²) < 4.78 is 5.15. The molecule has 1 aromatic heterocycles. The topological polar surface area (TPSA) is 51.2 Å². The molecule has 1 heterocycles. The van der Waals surface area contributed by atoms with Crippen molar-refractivity contribution in [2.24, 2.45) is 0 Å². The third kappa shape index (κ3) is 3.51. The van der Waals surface area contributed by atoms with E-state index in [1.165, 1.54) is 23.4 Å². The van der Waals surface area contributed by atoms with Crippen molar-refractivity contribution in [2.75, 3.05) is 18.5 Å². The van der Waals surface area contributed by atoms with E-state index in [1.807, 2.05) is 6.92 Å². The molecule has 1 aromatic rings. The Morgan fingerprint density at radius 3 is 3.06 bits per heavy atom. The Kier molecular flexibility index (Phi) is 4.50. The third-order valence-corrected chi connectivity index (χ3v) is 3.84. The lowest BCUT2D eigenvalue weighted by molar-refractivity contribution is -0.117. The molecule has 0 radical (unpaired) electrons. The van der Waals surface area contributed by atoms with Crippen molar-refractivity contribution in [1.82, 2.24) is 4.98 Å². The Balaban J connectivity index is 1.86. The van der Waals surface area contributed by atoms with Gasteiger partial charge in [-0.25, -0.2) is 4.98 Å². The van der Waals surface area contributed by atoms with Crippen molar-refractivity contribution < 1.29 is 9.53 Å². The van der Waals surface area contributed by atoms with Crippen LogP contribution in [0.15, 0.2) is 0 Å². The van der Waals surface area contributed by atoms with E-state index in [1.54, 1.807) is 11.3 Å². The Bertz CT molecular complexity index is 366. The molecule has 0 bridgehead atoms. The van der Waals surface area contributed by atoms with Crippen LogP contribution < -0.4 is 5.32 Å². The number of aromatic nitrogens is 1. The third-order valence-electron chi connectivity index (χ3n) is 2.77. The van der Waals surface area contributed by atoms with Gasteiger partial charge in [-0.05, 0) is 32.6 Å². The molecule has 0 saturated heterocycles. The molecular formula is C12H18N2O2S. The second-order valence-corrected chi connectivity index (χ2v) is 5.17. The minimum absolute atomic E-state index is 0.00968. The van der Waals surface area contributed by atoms with Crippen molar-refractivity contribution in [3.63, 3.8) is 0 Å². The summed E-state index contributed by atoms with van der Waals surface area (Å²) in [7, 11) is 0. The molecule has 2 rings (SSSR count). The second kappa shape index (κ2) is 6.12. The van der Waals surface area contributed by atoms with Gasteiger partial charge in [-0.15, -0.1) is 11.3 Å². The smallest absolute Gasteiger partial charge is 0.228 e. The zero-order valence-electron chi connectivity index (χ0n) is 10.1. The van der Waals surface area contributed by atoms with Crippen LogP contribution in [0.4, 0.5) is 5.13 Å². The summed E-state index contributed by atoms with van der Waals surface area (Å²) in [6.45, 7) is 3.05. The van der Waals surface area contributed by atoms with E-state index in [-0.39, 0.29) is 5.91 Å². The number of fused-ring (bicyclic) bond motifs is 1. The van der Waals surface area contributed by atoms with E-state index in [0.29, 0.717) is 19.6 Å². The second-order valence-electron chi connectivity index (χ2n) is 4.09. The summed E-state index contributed by atoms with van der Waals surface area (Å²) in [5.74, 6) is -0.00968. The van der Waals surface area contributed by atoms with Crippen LogP contribution in [0.3, 0.4) is 0 Å². The van der Waals surface area contributed by atoms with Gasteiger partial charge in [-0.1, -0.05) is 0 Å². The molecule has 0 atom stereocenters. The Hall–Kier alpha value is -0.940. The standard InChI is InChI=1S/C12H18N2O2S/c1-2-16-8-7-11(15)14-12-13-9-5-3-4-6-10(9)17-12/h2-8H2,1H3,(H,13,14,15). The first-order valence-corrected chi connectivity index (χ1v) is 6.97. The molecule has 0 unspecified atom stereocenters. The molecule has 17 heavy (non-hydrogen) atoms. The van der Waals surface area contributed by atoms with Gasteiger partial charge < -0.3 is 10.1 Å². The Morgan fingerprint density at radius 2 is 2.29 bits per heavy atom. The maximum Gasteiger partial charge on any atom is 0.228 e. The van der Waals surface area contributed by atoms with Crippen LogP contribution >= 0.6 is 11.3 Å². The molecule has 1 N–H and O–H groups in total. The molecule has 0 saturated carbocycles. The van der Waals surface area contributed by atoms with Crippen LogP contribution in [-0.2, 0) is 22.4 Å². The highest BCUT2D eigenvalue weighted by atomic mass is 32.1. The number of rotatable bonds is 5.